The number of hydrogen-bond acceptors (Lipinski definition) is 3. The Labute approximate surface area is 95.3 Å². The molecule has 0 aromatic heterocycles. The third-order valence-corrected chi connectivity index (χ3v) is 3.20. The molecule has 0 radical (unpaired) electrons. The van der Waals surface area contributed by atoms with Crippen LogP contribution >= 0.6 is 0 Å². The number of aliphatic carboxylic acids is 1. The lowest BCUT2D eigenvalue weighted by Gasteiger charge is -2.02. The van der Waals surface area contributed by atoms with E-state index in [4.69, 9.17) is 9.84 Å². The molecule has 0 spiro atoms. The van der Waals surface area contributed by atoms with Gasteiger partial charge in [-0.1, -0.05) is 19.9 Å². The fraction of sp³-hybridized carbons (Fsp3) is 0.667. The van der Waals surface area contributed by atoms with Crippen molar-refractivity contribution in [1.29, 1.82) is 0 Å². The molecule has 2 atom stereocenters. The van der Waals surface area contributed by atoms with Gasteiger partial charge >= 0.3 is 11.9 Å². The van der Waals surface area contributed by atoms with Crippen LogP contribution in [-0.4, -0.2) is 23.7 Å². The Bertz CT molecular complexity index is 341. The minimum atomic E-state index is -0.803. The van der Waals surface area contributed by atoms with Crippen LogP contribution in [0.3, 0.4) is 0 Å². The SMILES string of the molecule is CCOC(=O)/C(C)=C/[C@@H]1[C@@H](C(=O)O)C1(C)C. The molecule has 16 heavy (non-hydrogen) atoms. The Morgan fingerprint density at radius 2 is 2.00 bits per heavy atom. The van der Waals surface area contributed by atoms with E-state index in [0.717, 1.165) is 0 Å². The Morgan fingerprint density at radius 1 is 1.44 bits per heavy atom. The molecule has 1 rings (SSSR count). The van der Waals surface area contributed by atoms with Gasteiger partial charge in [0.1, 0.15) is 0 Å². The van der Waals surface area contributed by atoms with Gasteiger partial charge in [-0.15, -0.1) is 0 Å². The average molecular weight is 226 g/mol. The molecule has 0 aromatic rings. The van der Waals surface area contributed by atoms with Crippen molar-refractivity contribution in [2.75, 3.05) is 6.61 Å². The van der Waals surface area contributed by atoms with Gasteiger partial charge in [-0.2, -0.15) is 0 Å². The summed E-state index contributed by atoms with van der Waals surface area (Å²) < 4.78 is 4.84. The number of carbonyl (C=O) groups is 2. The van der Waals surface area contributed by atoms with Gasteiger partial charge in [-0.3, -0.25) is 4.79 Å². The van der Waals surface area contributed by atoms with E-state index in [1.807, 2.05) is 13.8 Å². The summed E-state index contributed by atoms with van der Waals surface area (Å²) in [6.07, 6.45) is 1.72. The molecule has 4 nitrogen and oxygen atoms in total. The van der Waals surface area contributed by atoms with Crippen molar-refractivity contribution >= 4 is 11.9 Å². The summed E-state index contributed by atoms with van der Waals surface area (Å²) in [6, 6.07) is 0. The normalized spacial score (nSPS) is 27.4. The second kappa shape index (κ2) is 4.28. The average Bonchev–Trinajstić information content (AvgIpc) is 2.68. The largest absolute Gasteiger partial charge is 0.481 e. The fourth-order valence-electron chi connectivity index (χ4n) is 2.04. The molecule has 1 aliphatic rings. The molecule has 0 unspecified atom stereocenters. The molecular weight excluding hydrogens is 208 g/mol. The zero-order valence-corrected chi connectivity index (χ0v) is 10.1. The van der Waals surface area contributed by atoms with Crippen molar-refractivity contribution in [3.8, 4) is 0 Å². The van der Waals surface area contributed by atoms with E-state index in [1.165, 1.54) is 0 Å². The zero-order chi connectivity index (χ0) is 12.5. The van der Waals surface area contributed by atoms with Crippen LogP contribution in [0.4, 0.5) is 0 Å². The highest BCUT2D eigenvalue weighted by Gasteiger charge is 2.61. The molecule has 0 bridgehead atoms. The summed E-state index contributed by atoms with van der Waals surface area (Å²) in [5.41, 5.74) is 0.225. The molecule has 0 heterocycles. The Kier molecular flexibility index (Phi) is 3.41. The highest BCUT2D eigenvalue weighted by atomic mass is 16.5. The van der Waals surface area contributed by atoms with E-state index < -0.39 is 11.9 Å². The van der Waals surface area contributed by atoms with Crippen molar-refractivity contribution in [3.63, 3.8) is 0 Å². The molecular formula is C12H18O4. The lowest BCUT2D eigenvalue weighted by Crippen LogP contribution is -2.06. The van der Waals surface area contributed by atoms with Crippen LogP contribution < -0.4 is 0 Å². The molecule has 0 amide bonds. The molecule has 0 aromatic carbocycles. The van der Waals surface area contributed by atoms with Gasteiger partial charge in [0, 0.05) is 5.57 Å². The first-order chi connectivity index (χ1) is 7.32. The molecule has 0 aliphatic heterocycles. The van der Waals surface area contributed by atoms with Crippen LogP contribution in [0.15, 0.2) is 11.6 Å². The number of allylic oxidation sites excluding steroid dienone is 1. The maximum atomic E-state index is 11.4. The number of carboxylic acids is 1. The summed E-state index contributed by atoms with van der Waals surface area (Å²) in [5, 5.41) is 8.97. The lowest BCUT2D eigenvalue weighted by molar-refractivity contribution is -0.140. The van der Waals surface area contributed by atoms with Crippen LogP contribution in [-0.2, 0) is 14.3 Å². The standard InChI is InChI=1S/C12H18O4/c1-5-16-11(15)7(2)6-8-9(10(13)14)12(8,3)4/h6,8-9H,5H2,1-4H3,(H,13,14)/b7-6+/t8-,9+/m1/s1. The molecule has 1 N–H and O–H groups in total. The van der Waals surface area contributed by atoms with Crippen LogP contribution in [0.25, 0.3) is 0 Å². The topological polar surface area (TPSA) is 63.6 Å². The molecule has 1 saturated carbocycles. The first-order valence-electron chi connectivity index (χ1n) is 5.40. The van der Waals surface area contributed by atoms with Crippen molar-refractivity contribution in [2.24, 2.45) is 17.3 Å². The molecule has 4 heteroatoms. The number of carboxylic acid groups (broad SMARTS) is 1. The molecule has 0 saturated heterocycles. The Morgan fingerprint density at radius 3 is 2.38 bits per heavy atom. The quantitative estimate of drug-likeness (QED) is 0.587. The van der Waals surface area contributed by atoms with E-state index in [2.05, 4.69) is 0 Å². The van der Waals surface area contributed by atoms with Crippen LogP contribution in [0, 0.1) is 17.3 Å². The number of carbonyl (C=O) groups excluding carboxylic acids is 1. The predicted molar refractivity (Wildman–Crippen MR) is 58.8 cm³/mol. The second-order valence-electron chi connectivity index (χ2n) is 4.73. The first kappa shape index (κ1) is 12.7. The maximum Gasteiger partial charge on any atom is 0.333 e. The highest BCUT2D eigenvalue weighted by Crippen LogP contribution is 2.59. The van der Waals surface area contributed by atoms with Crippen molar-refractivity contribution in [3.05, 3.63) is 11.6 Å². The summed E-state index contributed by atoms with van der Waals surface area (Å²) >= 11 is 0. The Hall–Kier alpha value is -1.32. The molecule has 1 fully saturated rings. The van der Waals surface area contributed by atoms with Gasteiger partial charge < -0.3 is 9.84 Å². The van der Waals surface area contributed by atoms with E-state index in [1.54, 1.807) is 19.9 Å². The maximum absolute atomic E-state index is 11.4. The fourth-order valence-corrected chi connectivity index (χ4v) is 2.04. The minimum absolute atomic E-state index is 0.0746. The van der Waals surface area contributed by atoms with Gasteiger partial charge in [-0.05, 0) is 25.2 Å². The first-order valence-corrected chi connectivity index (χ1v) is 5.40. The summed E-state index contributed by atoms with van der Waals surface area (Å²) in [7, 11) is 0. The third-order valence-electron chi connectivity index (χ3n) is 3.20. The van der Waals surface area contributed by atoms with E-state index in [0.29, 0.717) is 12.2 Å². The smallest absolute Gasteiger partial charge is 0.333 e. The zero-order valence-electron chi connectivity index (χ0n) is 10.1. The van der Waals surface area contributed by atoms with Gasteiger partial charge in [0.05, 0.1) is 12.5 Å². The van der Waals surface area contributed by atoms with Gasteiger partial charge in [0.2, 0.25) is 0 Å². The predicted octanol–water partition coefficient (Wildman–Crippen LogP) is 1.85. The Balaban J connectivity index is 2.72. The minimum Gasteiger partial charge on any atom is -0.481 e. The van der Waals surface area contributed by atoms with Crippen LogP contribution in [0.2, 0.25) is 0 Å². The molecule has 1 aliphatic carbocycles. The number of ether oxygens (including phenoxy) is 1. The van der Waals surface area contributed by atoms with Gasteiger partial charge in [0.15, 0.2) is 0 Å². The van der Waals surface area contributed by atoms with E-state index in [-0.39, 0.29) is 17.3 Å². The van der Waals surface area contributed by atoms with Gasteiger partial charge in [-0.25, -0.2) is 4.79 Å². The summed E-state index contributed by atoms with van der Waals surface area (Å²) in [4.78, 5) is 22.3. The molecule has 90 valence electrons. The second-order valence-corrected chi connectivity index (χ2v) is 4.73. The number of esters is 1. The van der Waals surface area contributed by atoms with E-state index >= 15 is 0 Å². The summed E-state index contributed by atoms with van der Waals surface area (Å²) in [5.74, 6) is -1.64. The third kappa shape index (κ3) is 2.26. The lowest BCUT2D eigenvalue weighted by atomic mass is 10.1. The summed E-state index contributed by atoms with van der Waals surface area (Å²) in [6.45, 7) is 7.52. The monoisotopic (exact) mass is 226 g/mol. The van der Waals surface area contributed by atoms with Crippen LogP contribution in [0.1, 0.15) is 27.7 Å². The highest BCUT2D eigenvalue weighted by molar-refractivity contribution is 5.88. The van der Waals surface area contributed by atoms with Crippen molar-refractivity contribution < 1.29 is 19.4 Å². The van der Waals surface area contributed by atoms with Gasteiger partial charge in [0.25, 0.3) is 0 Å². The number of hydrogen-bond donors (Lipinski definition) is 1. The number of rotatable bonds is 4. The van der Waals surface area contributed by atoms with Crippen molar-refractivity contribution in [1.82, 2.24) is 0 Å². The van der Waals surface area contributed by atoms with E-state index in [9.17, 15) is 9.59 Å². The van der Waals surface area contributed by atoms with Crippen LogP contribution in [0.5, 0.6) is 0 Å². The van der Waals surface area contributed by atoms with Crippen molar-refractivity contribution in [2.45, 2.75) is 27.7 Å².